The molecule has 1 atom stereocenters. The number of aromatic nitrogens is 3. The summed E-state index contributed by atoms with van der Waals surface area (Å²) in [4.78, 5) is 17.5. The van der Waals surface area contributed by atoms with Gasteiger partial charge in [0.25, 0.3) is 0 Å². The summed E-state index contributed by atoms with van der Waals surface area (Å²) in [6, 6.07) is 6.51. The molecule has 1 aliphatic heterocycles. The Balaban J connectivity index is 1.58. The molecule has 0 bridgehead atoms. The number of ether oxygens (including phenoxy) is 1. The second-order valence-electron chi connectivity index (χ2n) is 6.24. The van der Waals surface area contributed by atoms with Crippen LogP contribution in [0.4, 0.5) is 5.82 Å². The van der Waals surface area contributed by atoms with Gasteiger partial charge in [0.15, 0.2) is 0 Å². The number of likely N-dealkylation sites (N-methyl/N-ethyl adjacent to an activating group) is 1. The van der Waals surface area contributed by atoms with E-state index in [0.29, 0.717) is 11.9 Å². The molecule has 0 spiro atoms. The standard InChI is InChI=1S/C18H25N5O/c1-22(17-11-18(24-2)21-14-20-17)16-6-4-9-23(13-16)10-7-15-5-3-8-19-12-15/h3,5,8,11-12,14,16H,4,6-7,9-10,13H2,1-2H3. The van der Waals surface area contributed by atoms with Crippen molar-refractivity contribution in [1.82, 2.24) is 19.9 Å². The zero-order valence-electron chi connectivity index (χ0n) is 14.4. The normalized spacial score (nSPS) is 18.3. The van der Waals surface area contributed by atoms with E-state index < -0.39 is 0 Å². The van der Waals surface area contributed by atoms with Crippen molar-refractivity contribution in [3.8, 4) is 5.88 Å². The van der Waals surface area contributed by atoms with Crippen molar-refractivity contribution in [2.24, 2.45) is 0 Å². The Labute approximate surface area is 143 Å². The van der Waals surface area contributed by atoms with Crippen LogP contribution >= 0.6 is 0 Å². The van der Waals surface area contributed by atoms with Gasteiger partial charge in [0.2, 0.25) is 5.88 Å². The van der Waals surface area contributed by atoms with Gasteiger partial charge in [-0.25, -0.2) is 9.97 Å². The number of likely N-dealkylation sites (tertiary alicyclic amines) is 1. The maximum Gasteiger partial charge on any atom is 0.218 e. The number of rotatable bonds is 6. The van der Waals surface area contributed by atoms with Crippen LogP contribution in [0.15, 0.2) is 36.9 Å². The highest BCUT2D eigenvalue weighted by molar-refractivity contribution is 5.41. The van der Waals surface area contributed by atoms with Gasteiger partial charge in [-0.05, 0) is 37.4 Å². The molecule has 0 saturated carbocycles. The highest BCUT2D eigenvalue weighted by atomic mass is 16.5. The summed E-state index contributed by atoms with van der Waals surface area (Å²) in [6.45, 7) is 3.30. The van der Waals surface area contributed by atoms with Crippen LogP contribution in [0.1, 0.15) is 18.4 Å². The summed E-state index contributed by atoms with van der Waals surface area (Å²) in [5.41, 5.74) is 1.30. The summed E-state index contributed by atoms with van der Waals surface area (Å²) in [5, 5.41) is 0. The van der Waals surface area contributed by atoms with E-state index >= 15 is 0 Å². The van der Waals surface area contributed by atoms with Crippen LogP contribution in [0.2, 0.25) is 0 Å². The van der Waals surface area contributed by atoms with Crippen molar-refractivity contribution in [3.63, 3.8) is 0 Å². The van der Waals surface area contributed by atoms with Crippen molar-refractivity contribution >= 4 is 5.82 Å². The van der Waals surface area contributed by atoms with Crippen LogP contribution in [0.3, 0.4) is 0 Å². The van der Waals surface area contributed by atoms with Gasteiger partial charge in [-0.3, -0.25) is 4.98 Å². The van der Waals surface area contributed by atoms with Crippen molar-refractivity contribution in [1.29, 1.82) is 0 Å². The molecule has 1 aliphatic rings. The van der Waals surface area contributed by atoms with Gasteiger partial charge in [-0.1, -0.05) is 6.07 Å². The molecular weight excluding hydrogens is 302 g/mol. The van der Waals surface area contributed by atoms with E-state index in [2.05, 4.69) is 37.9 Å². The van der Waals surface area contributed by atoms with Gasteiger partial charge in [0.05, 0.1) is 7.11 Å². The minimum Gasteiger partial charge on any atom is -0.481 e. The smallest absolute Gasteiger partial charge is 0.218 e. The van der Waals surface area contributed by atoms with Gasteiger partial charge < -0.3 is 14.5 Å². The van der Waals surface area contributed by atoms with Crippen LogP contribution in [-0.2, 0) is 6.42 Å². The fourth-order valence-corrected chi connectivity index (χ4v) is 3.21. The molecule has 0 N–H and O–H groups in total. The minimum atomic E-state index is 0.465. The van der Waals surface area contributed by atoms with Crippen LogP contribution in [0.25, 0.3) is 0 Å². The number of hydrogen-bond donors (Lipinski definition) is 0. The number of pyridine rings is 1. The Morgan fingerprint density at radius 1 is 1.38 bits per heavy atom. The van der Waals surface area contributed by atoms with Gasteiger partial charge in [-0.2, -0.15) is 0 Å². The molecule has 6 nitrogen and oxygen atoms in total. The van der Waals surface area contributed by atoms with Crippen molar-refractivity contribution in [3.05, 3.63) is 42.5 Å². The molecule has 2 aromatic rings. The van der Waals surface area contributed by atoms with E-state index in [4.69, 9.17) is 4.74 Å². The maximum absolute atomic E-state index is 5.21. The average molecular weight is 327 g/mol. The summed E-state index contributed by atoms with van der Waals surface area (Å²) in [5.74, 6) is 1.53. The van der Waals surface area contributed by atoms with Crippen LogP contribution < -0.4 is 9.64 Å². The van der Waals surface area contributed by atoms with Crippen molar-refractivity contribution in [2.45, 2.75) is 25.3 Å². The molecule has 0 aromatic carbocycles. The van der Waals surface area contributed by atoms with Gasteiger partial charge in [0.1, 0.15) is 12.1 Å². The lowest BCUT2D eigenvalue weighted by Gasteiger charge is -2.38. The molecule has 0 radical (unpaired) electrons. The number of anilines is 1. The first-order chi connectivity index (χ1) is 11.8. The number of hydrogen-bond acceptors (Lipinski definition) is 6. The number of nitrogens with zero attached hydrogens (tertiary/aromatic N) is 5. The topological polar surface area (TPSA) is 54.4 Å². The number of piperidine rings is 1. The second kappa shape index (κ2) is 8.06. The molecule has 1 fully saturated rings. The van der Waals surface area contributed by atoms with Crippen molar-refractivity contribution < 1.29 is 4.74 Å². The zero-order valence-corrected chi connectivity index (χ0v) is 14.4. The molecule has 128 valence electrons. The van der Waals surface area contributed by atoms with Gasteiger partial charge in [0, 0.05) is 44.6 Å². The molecule has 24 heavy (non-hydrogen) atoms. The molecule has 3 heterocycles. The minimum absolute atomic E-state index is 0.465. The highest BCUT2D eigenvalue weighted by Gasteiger charge is 2.24. The summed E-state index contributed by atoms with van der Waals surface area (Å²) in [6.07, 6.45) is 8.79. The highest BCUT2D eigenvalue weighted by Crippen LogP contribution is 2.21. The largest absolute Gasteiger partial charge is 0.481 e. The first kappa shape index (κ1) is 16.6. The zero-order chi connectivity index (χ0) is 16.8. The Morgan fingerprint density at radius 2 is 2.29 bits per heavy atom. The average Bonchev–Trinajstić information content (AvgIpc) is 2.67. The summed E-state index contributed by atoms with van der Waals surface area (Å²) in [7, 11) is 3.74. The molecule has 1 unspecified atom stereocenters. The Kier molecular flexibility index (Phi) is 5.59. The summed E-state index contributed by atoms with van der Waals surface area (Å²) < 4.78 is 5.21. The van der Waals surface area contributed by atoms with Gasteiger partial charge in [-0.15, -0.1) is 0 Å². The fraction of sp³-hybridized carbons (Fsp3) is 0.500. The van der Waals surface area contributed by atoms with E-state index in [1.54, 1.807) is 13.4 Å². The van der Waals surface area contributed by atoms with E-state index in [0.717, 1.165) is 31.9 Å². The number of methoxy groups -OCH3 is 1. The maximum atomic E-state index is 5.21. The molecule has 3 rings (SSSR count). The van der Waals surface area contributed by atoms with E-state index in [1.165, 1.54) is 18.4 Å². The third-order valence-electron chi connectivity index (χ3n) is 4.67. The molecule has 6 heteroatoms. The summed E-state index contributed by atoms with van der Waals surface area (Å²) >= 11 is 0. The lowest BCUT2D eigenvalue weighted by atomic mass is 10.0. The first-order valence-corrected chi connectivity index (χ1v) is 8.46. The van der Waals surface area contributed by atoms with Crippen LogP contribution in [0.5, 0.6) is 5.88 Å². The third-order valence-corrected chi connectivity index (χ3v) is 4.67. The van der Waals surface area contributed by atoms with Crippen molar-refractivity contribution in [2.75, 3.05) is 38.7 Å². The SMILES string of the molecule is COc1cc(N(C)C2CCCN(CCc3cccnc3)C2)ncn1. The first-order valence-electron chi connectivity index (χ1n) is 8.46. The third kappa shape index (κ3) is 4.20. The van der Waals surface area contributed by atoms with Crippen LogP contribution in [-0.4, -0.2) is 59.7 Å². The van der Waals surface area contributed by atoms with E-state index in [9.17, 15) is 0 Å². The molecule has 2 aromatic heterocycles. The monoisotopic (exact) mass is 327 g/mol. The molecule has 1 saturated heterocycles. The van der Waals surface area contributed by atoms with Crippen LogP contribution in [0, 0.1) is 0 Å². The molecule has 0 amide bonds. The second-order valence-corrected chi connectivity index (χ2v) is 6.24. The lowest BCUT2D eigenvalue weighted by molar-refractivity contribution is 0.208. The predicted octanol–water partition coefficient (Wildman–Crippen LogP) is 2.02. The van der Waals surface area contributed by atoms with Gasteiger partial charge >= 0.3 is 0 Å². The van der Waals surface area contributed by atoms with E-state index in [1.807, 2.05) is 24.5 Å². The predicted molar refractivity (Wildman–Crippen MR) is 94.4 cm³/mol. The fourth-order valence-electron chi connectivity index (χ4n) is 3.21. The lowest BCUT2D eigenvalue weighted by Crippen LogP contribution is -2.47. The quantitative estimate of drug-likeness (QED) is 0.809. The molecule has 0 aliphatic carbocycles. The Hall–Kier alpha value is -2.21. The Morgan fingerprint density at radius 3 is 3.08 bits per heavy atom. The Bertz CT molecular complexity index is 636. The molecular formula is C18H25N5O. The van der Waals surface area contributed by atoms with E-state index in [-0.39, 0.29) is 0 Å².